The number of hydrogen-bond acceptors (Lipinski definition) is 6. The van der Waals surface area contributed by atoms with Crippen LogP contribution in [0.4, 0.5) is 0 Å². The Kier molecular flexibility index (Phi) is 7.20. The Bertz CT molecular complexity index is 996. The first-order chi connectivity index (χ1) is 14.2. The van der Waals surface area contributed by atoms with Gasteiger partial charge in [-0.1, -0.05) is 29.5 Å². The number of aromatic nitrogens is 3. The van der Waals surface area contributed by atoms with Gasteiger partial charge in [0.2, 0.25) is 21.1 Å². The Hall–Kier alpha value is -1.91. The molecule has 30 heavy (non-hydrogen) atoms. The Morgan fingerprint density at radius 1 is 1.27 bits per heavy atom. The van der Waals surface area contributed by atoms with E-state index in [1.54, 1.807) is 0 Å². The molecule has 1 aromatic heterocycles. The van der Waals surface area contributed by atoms with Crippen LogP contribution in [-0.2, 0) is 14.8 Å². The number of rotatable bonds is 7. The summed E-state index contributed by atoms with van der Waals surface area (Å²) in [5, 5.41) is 10.4. The summed E-state index contributed by atoms with van der Waals surface area (Å²) < 4.78 is 28.1. The molecule has 2 N–H and O–H groups in total. The van der Waals surface area contributed by atoms with E-state index in [1.807, 2.05) is 39.8 Å². The number of amides is 1. The summed E-state index contributed by atoms with van der Waals surface area (Å²) in [6.45, 7) is 8.59. The maximum absolute atomic E-state index is 13.3. The number of hydrogen-bond donors (Lipinski definition) is 2. The van der Waals surface area contributed by atoms with Crippen LogP contribution in [0, 0.1) is 33.6 Å². The number of aryl methyl sites for hydroxylation is 4. The molecular weight excluding hydrogens is 422 g/mol. The number of H-pyrrole nitrogens is 1. The van der Waals surface area contributed by atoms with Crippen LogP contribution in [0.5, 0.6) is 0 Å². The second kappa shape index (κ2) is 9.49. The van der Waals surface area contributed by atoms with Gasteiger partial charge in [-0.3, -0.25) is 9.89 Å². The third-order valence-electron chi connectivity index (χ3n) is 5.17. The summed E-state index contributed by atoms with van der Waals surface area (Å²) in [6.07, 6.45) is 1.36. The van der Waals surface area contributed by atoms with Gasteiger partial charge in [-0.15, -0.1) is 5.10 Å². The van der Waals surface area contributed by atoms with Crippen LogP contribution in [0.2, 0.25) is 0 Å². The predicted octanol–water partition coefficient (Wildman–Crippen LogP) is 2.35. The maximum Gasteiger partial charge on any atom is 0.243 e. The molecule has 10 heteroatoms. The summed E-state index contributed by atoms with van der Waals surface area (Å²) in [5.41, 5.74) is 2.54. The van der Waals surface area contributed by atoms with Crippen molar-refractivity contribution in [1.82, 2.24) is 24.8 Å². The quantitative estimate of drug-likeness (QED) is 0.494. The second-order valence-electron chi connectivity index (χ2n) is 7.77. The van der Waals surface area contributed by atoms with Gasteiger partial charge in [0, 0.05) is 25.4 Å². The molecule has 0 saturated carbocycles. The first kappa shape index (κ1) is 22.8. The number of sulfonamides is 1. The van der Waals surface area contributed by atoms with E-state index in [-0.39, 0.29) is 18.4 Å². The summed E-state index contributed by atoms with van der Waals surface area (Å²) in [7, 11) is -3.64. The van der Waals surface area contributed by atoms with Gasteiger partial charge in [0.25, 0.3) is 0 Å². The van der Waals surface area contributed by atoms with E-state index in [4.69, 9.17) is 0 Å². The van der Waals surface area contributed by atoms with E-state index < -0.39 is 10.0 Å². The Labute approximate surface area is 182 Å². The molecule has 1 atom stereocenters. The van der Waals surface area contributed by atoms with Crippen molar-refractivity contribution in [2.45, 2.75) is 50.6 Å². The number of thioether (sulfide) groups is 1. The number of benzene rings is 1. The smallest absolute Gasteiger partial charge is 0.243 e. The van der Waals surface area contributed by atoms with Crippen molar-refractivity contribution in [2.24, 2.45) is 5.92 Å². The number of nitrogens with one attached hydrogen (secondary N) is 2. The largest absolute Gasteiger partial charge is 0.355 e. The predicted molar refractivity (Wildman–Crippen MR) is 117 cm³/mol. The van der Waals surface area contributed by atoms with Crippen molar-refractivity contribution >= 4 is 27.7 Å². The van der Waals surface area contributed by atoms with Crippen molar-refractivity contribution < 1.29 is 13.2 Å². The van der Waals surface area contributed by atoms with Gasteiger partial charge in [0.15, 0.2) is 0 Å². The number of piperidine rings is 1. The normalized spacial score (nSPS) is 17.8. The van der Waals surface area contributed by atoms with Crippen LogP contribution in [-0.4, -0.2) is 59.2 Å². The Balaban J connectivity index is 1.59. The molecule has 0 spiro atoms. The van der Waals surface area contributed by atoms with Crippen molar-refractivity contribution in [3.8, 4) is 0 Å². The number of carbonyl (C=O) groups is 1. The van der Waals surface area contributed by atoms with E-state index in [0.29, 0.717) is 41.7 Å². The highest BCUT2D eigenvalue weighted by Crippen LogP contribution is 2.29. The van der Waals surface area contributed by atoms with Crippen LogP contribution < -0.4 is 5.32 Å². The number of carbonyl (C=O) groups excluding carboxylic acids is 1. The average Bonchev–Trinajstić information content (AvgIpc) is 3.09. The lowest BCUT2D eigenvalue weighted by molar-refractivity contribution is -0.125. The summed E-state index contributed by atoms with van der Waals surface area (Å²) in [4.78, 5) is 17.2. The average molecular weight is 452 g/mol. The first-order valence-corrected chi connectivity index (χ1v) is 12.5. The van der Waals surface area contributed by atoms with Crippen LogP contribution in [0.3, 0.4) is 0 Å². The molecule has 1 fully saturated rings. The second-order valence-corrected chi connectivity index (χ2v) is 10.7. The molecule has 0 bridgehead atoms. The van der Waals surface area contributed by atoms with Gasteiger partial charge in [0.05, 0.1) is 10.8 Å². The van der Waals surface area contributed by atoms with E-state index in [9.17, 15) is 13.2 Å². The zero-order valence-corrected chi connectivity index (χ0v) is 19.5. The SMILES string of the molecule is Cc1cc(C)c(S(=O)(=O)N2CCC[C@@H](C(=O)NCCSc3n[nH]c(C)n3)C2)c(C)c1. The van der Waals surface area contributed by atoms with Gasteiger partial charge in [-0.05, 0) is 51.7 Å². The van der Waals surface area contributed by atoms with Gasteiger partial charge in [-0.25, -0.2) is 13.4 Å². The fourth-order valence-electron chi connectivity index (χ4n) is 3.93. The fourth-order valence-corrected chi connectivity index (χ4v) is 6.56. The molecule has 164 valence electrons. The summed E-state index contributed by atoms with van der Waals surface area (Å²) in [6, 6.07) is 3.78. The highest BCUT2D eigenvalue weighted by Gasteiger charge is 2.34. The van der Waals surface area contributed by atoms with Crippen LogP contribution in [0.25, 0.3) is 0 Å². The van der Waals surface area contributed by atoms with E-state index in [2.05, 4.69) is 20.5 Å². The number of aromatic amines is 1. The highest BCUT2D eigenvalue weighted by atomic mass is 32.2. The standard InChI is InChI=1S/C20H29N5O3S2/c1-13-10-14(2)18(15(3)11-13)30(27,28)25-8-5-6-17(12-25)19(26)21-7-9-29-20-22-16(4)23-24-20/h10-11,17H,5-9,12H2,1-4H3,(H,21,26)(H,22,23,24)/t17-/m1/s1. The number of nitrogens with zero attached hydrogens (tertiary/aromatic N) is 3. The van der Waals surface area contributed by atoms with Gasteiger partial charge < -0.3 is 5.32 Å². The molecule has 0 aliphatic carbocycles. The minimum absolute atomic E-state index is 0.0981. The van der Waals surface area contributed by atoms with Crippen molar-refractivity contribution in [1.29, 1.82) is 0 Å². The molecule has 0 radical (unpaired) electrons. The Morgan fingerprint density at radius 3 is 2.60 bits per heavy atom. The molecule has 3 rings (SSSR count). The fraction of sp³-hybridized carbons (Fsp3) is 0.550. The third kappa shape index (κ3) is 5.22. The monoisotopic (exact) mass is 451 g/mol. The highest BCUT2D eigenvalue weighted by molar-refractivity contribution is 7.99. The molecule has 1 saturated heterocycles. The third-order valence-corrected chi connectivity index (χ3v) is 8.19. The van der Waals surface area contributed by atoms with Crippen molar-refractivity contribution in [2.75, 3.05) is 25.4 Å². The minimum Gasteiger partial charge on any atom is -0.355 e. The Morgan fingerprint density at radius 2 is 1.97 bits per heavy atom. The van der Waals surface area contributed by atoms with Crippen LogP contribution >= 0.6 is 11.8 Å². The van der Waals surface area contributed by atoms with Gasteiger partial charge in [0.1, 0.15) is 5.82 Å². The first-order valence-electron chi connectivity index (χ1n) is 10.1. The zero-order valence-electron chi connectivity index (χ0n) is 17.9. The molecule has 1 aliphatic rings. The molecular formula is C20H29N5O3S2. The van der Waals surface area contributed by atoms with Crippen molar-refractivity contribution in [3.63, 3.8) is 0 Å². The summed E-state index contributed by atoms with van der Waals surface area (Å²) in [5.74, 6) is 0.970. The molecule has 1 aromatic carbocycles. The van der Waals surface area contributed by atoms with Gasteiger partial charge in [-0.2, -0.15) is 4.31 Å². The maximum atomic E-state index is 13.3. The lowest BCUT2D eigenvalue weighted by atomic mass is 9.99. The molecule has 8 nitrogen and oxygen atoms in total. The van der Waals surface area contributed by atoms with E-state index >= 15 is 0 Å². The van der Waals surface area contributed by atoms with E-state index in [1.165, 1.54) is 16.1 Å². The van der Waals surface area contributed by atoms with Gasteiger partial charge >= 0.3 is 0 Å². The molecule has 0 unspecified atom stereocenters. The molecule has 2 heterocycles. The topological polar surface area (TPSA) is 108 Å². The lowest BCUT2D eigenvalue weighted by Crippen LogP contribution is -2.46. The molecule has 2 aromatic rings. The lowest BCUT2D eigenvalue weighted by Gasteiger charge is -2.32. The summed E-state index contributed by atoms with van der Waals surface area (Å²) >= 11 is 1.46. The van der Waals surface area contributed by atoms with Crippen molar-refractivity contribution in [3.05, 3.63) is 34.6 Å². The molecule has 1 amide bonds. The van der Waals surface area contributed by atoms with Crippen LogP contribution in [0.1, 0.15) is 35.4 Å². The van der Waals surface area contributed by atoms with Crippen LogP contribution in [0.15, 0.2) is 22.2 Å². The minimum atomic E-state index is -3.64. The molecule has 1 aliphatic heterocycles. The van der Waals surface area contributed by atoms with E-state index in [0.717, 1.165) is 22.5 Å². The zero-order chi connectivity index (χ0) is 21.9.